The van der Waals surface area contributed by atoms with E-state index in [4.69, 9.17) is 4.74 Å². The number of hydrogen-bond donors (Lipinski definition) is 1. The van der Waals surface area contributed by atoms with E-state index in [2.05, 4.69) is 29.6 Å². The second-order valence-electron chi connectivity index (χ2n) is 5.91. The predicted octanol–water partition coefficient (Wildman–Crippen LogP) is 1.38. The van der Waals surface area contributed by atoms with Gasteiger partial charge in [0.05, 0.1) is 13.2 Å². The molecule has 0 aromatic heterocycles. The van der Waals surface area contributed by atoms with Crippen LogP contribution in [0.4, 0.5) is 0 Å². The standard InChI is InChI=1S/C17H24N2O2/c20-17(19-9-11-21-12-10-19)7-8-18-16-6-5-14-3-1-2-4-15(14)13-16/h1-4,16,18H,5-13H2. The molecule has 2 aliphatic rings. The van der Waals surface area contributed by atoms with Gasteiger partial charge in [0.2, 0.25) is 5.91 Å². The number of hydrogen-bond acceptors (Lipinski definition) is 3. The Hall–Kier alpha value is -1.39. The van der Waals surface area contributed by atoms with Crippen LogP contribution in [0.25, 0.3) is 0 Å². The van der Waals surface area contributed by atoms with Crippen molar-refractivity contribution < 1.29 is 9.53 Å². The van der Waals surface area contributed by atoms with Gasteiger partial charge in [0.15, 0.2) is 0 Å². The molecule has 1 N–H and O–H groups in total. The molecule has 1 unspecified atom stereocenters. The highest BCUT2D eigenvalue weighted by molar-refractivity contribution is 5.76. The van der Waals surface area contributed by atoms with Crippen LogP contribution in [0, 0.1) is 0 Å². The maximum Gasteiger partial charge on any atom is 0.224 e. The van der Waals surface area contributed by atoms with Gasteiger partial charge in [-0.1, -0.05) is 24.3 Å². The Morgan fingerprint density at radius 2 is 2.00 bits per heavy atom. The molecule has 3 rings (SSSR count). The lowest BCUT2D eigenvalue weighted by molar-refractivity contribution is -0.135. The third-order valence-electron chi connectivity index (χ3n) is 4.48. The highest BCUT2D eigenvalue weighted by Crippen LogP contribution is 2.20. The van der Waals surface area contributed by atoms with E-state index in [1.54, 1.807) is 0 Å². The van der Waals surface area contributed by atoms with Crippen molar-refractivity contribution in [2.75, 3.05) is 32.8 Å². The van der Waals surface area contributed by atoms with Crippen molar-refractivity contribution in [2.24, 2.45) is 0 Å². The number of nitrogens with one attached hydrogen (secondary N) is 1. The van der Waals surface area contributed by atoms with Crippen molar-refractivity contribution in [1.29, 1.82) is 0 Å². The molecule has 1 aromatic rings. The zero-order valence-corrected chi connectivity index (χ0v) is 12.5. The Labute approximate surface area is 126 Å². The number of aryl methyl sites for hydroxylation is 1. The van der Waals surface area contributed by atoms with Crippen molar-refractivity contribution in [1.82, 2.24) is 10.2 Å². The van der Waals surface area contributed by atoms with Gasteiger partial charge in [0.1, 0.15) is 0 Å². The molecular weight excluding hydrogens is 264 g/mol. The number of carbonyl (C=O) groups excluding carboxylic acids is 1. The van der Waals surface area contributed by atoms with Gasteiger partial charge < -0.3 is 15.0 Å². The molecule has 1 aliphatic heterocycles. The molecule has 1 fully saturated rings. The van der Waals surface area contributed by atoms with E-state index in [-0.39, 0.29) is 5.91 Å². The lowest BCUT2D eigenvalue weighted by Gasteiger charge is -2.28. The quantitative estimate of drug-likeness (QED) is 0.910. The third kappa shape index (κ3) is 3.83. The zero-order valence-electron chi connectivity index (χ0n) is 12.5. The number of ether oxygens (including phenoxy) is 1. The van der Waals surface area contributed by atoms with E-state index in [1.165, 1.54) is 17.5 Å². The van der Waals surface area contributed by atoms with Gasteiger partial charge in [-0.2, -0.15) is 0 Å². The molecule has 1 saturated heterocycles. The summed E-state index contributed by atoms with van der Waals surface area (Å²) in [5, 5.41) is 3.55. The molecule has 21 heavy (non-hydrogen) atoms. The van der Waals surface area contributed by atoms with Crippen molar-refractivity contribution in [2.45, 2.75) is 31.7 Å². The van der Waals surface area contributed by atoms with Crippen molar-refractivity contribution in [3.05, 3.63) is 35.4 Å². The van der Waals surface area contributed by atoms with Crippen LogP contribution in [-0.4, -0.2) is 49.7 Å². The number of morpholine rings is 1. The van der Waals surface area contributed by atoms with Gasteiger partial charge in [-0.25, -0.2) is 0 Å². The SMILES string of the molecule is O=C(CCNC1CCc2ccccc2C1)N1CCOCC1. The minimum Gasteiger partial charge on any atom is -0.378 e. The van der Waals surface area contributed by atoms with Crippen LogP contribution >= 0.6 is 0 Å². The van der Waals surface area contributed by atoms with Crippen LogP contribution in [0.2, 0.25) is 0 Å². The fourth-order valence-electron chi connectivity index (χ4n) is 3.23. The first kappa shape index (κ1) is 14.5. The fraction of sp³-hybridized carbons (Fsp3) is 0.588. The van der Waals surface area contributed by atoms with Gasteiger partial charge in [-0.15, -0.1) is 0 Å². The largest absolute Gasteiger partial charge is 0.378 e. The second kappa shape index (κ2) is 7.05. The Morgan fingerprint density at radius 1 is 1.24 bits per heavy atom. The summed E-state index contributed by atoms with van der Waals surface area (Å²) in [6, 6.07) is 9.20. The van der Waals surface area contributed by atoms with Crippen molar-refractivity contribution in [3.8, 4) is 0 Å². The highest BCUT2D eigenvalue weighted by Gasteiger charge is 2.19. The van der Waals surface area contributed by atoms with Crippen LogP contribution in [0.3, 0.4) is 0 Å². The molecule has 114 valence electrons. The minimum atomic E-state index is 0.252. The van der Waals surface area contributed by atoms with Crippen molar-refractivity contribution in [3.63, 3.8) is 0 Å². The number of carbonyl (C=O) groups is 1. The summed E-state index contributed by atoms with van der Waals surface area (Å²) in [5.74, 6) is 0.252. The summed E-state index contributed by atoms with van der Waals surface area (Å²) in [5.41, 5.74) is 2.95. The van der Waals surface area contributed by atoms with E-state index in [0.717, 1.165) is 32.5 Å². The lowest BCUT2D eigenvalue weighted by Crippen LogP contribution is -2.42. The van der Waals surface area contributed by atoms with Gasteiger partial charge in [0.25, 0.3) is 0 Å². The zero-order chi connectivity index (χ0) is 14.5. The minimum absolute atomic E-state index is 0.252. The van der Waals surface area contributed by atoms with Crippen LogP contribution in [-0.2, 0) is 22.4 Å². The van der Waals surface area contributed by atoms with Gasteiger partial charge in [-0.3, -0.25) is 4.79 Å². The molecule has 1 aromatic carbocycles. The van der Waals surface area contributed by atoms with E-state index in [1.807, 2.05) is 4.90 Å². The Kier molecular flexibility index (Phi) is 4.88. The first-order chi connectivity index (χ1) is 10.3. The average Bonchev–Trinajstić information content (AvgIpc) is 2.55. The van der Waals surface area contributed by atoms with Gasteiger partial charge in [0, 0.05) is 32.1 Å². The summed E-state index contributed by atoms with van der Waals surface area (Å²) in [6.45, 7) is 3.63. The molecule has 0 bridgehead atoms. The molecule has 1 aliphatic carbocycles. The molecule has 0 saturated carbocycles. The topological polar surface area (TPSA) is 41.6 Å². The summed E-state index contributed by atoms with van der Waals surface area (Å²) >= 11 is 0. The second-order valence-corrected chi connectivity index (χ2v) is 5.91. The first-order valence-electron chi connectivity index (χ1n) is 7.98. The summed E-state index contributed by atoms with van der Waals surface area (Å²) < 4.78 is 5.27. The molecule has 1 atom stereocenters. The normalized spacial score (nSPS) is 21.9. The Morgan fingerprint density at radius 3 is 2.81 bits per heavy atom. The molecule has 1 heterocycles. The Bertz CT molecular complexity index is 483. The maximum absolute atomic E-state index is 12.1. The predicted molar refractivity (Wildman–Crippen MR) is 82.3 cm³/mol. The molecule has 1 amide bonds. The molecule has 0 spiro atoms. The number of fused-ring (bicyclic) bond motifs is 1. The first-order valence-corrected chi connectivity index (χ1v) is 7.98. The van der Waals surface area contributed by atoms with E-state index in [0.29, 0.717) is 25.7 Å². The smallest absolute Gasteiger partial charge is 0.224 e. The van der Waals surface area contributed by atoms with Gasteiger partial charge >= 0.3 is 0 Å². The molecule has 4 heteroatoms. The van der Waals surface area contributed by atoms with E-state index in [9.17, 15) is 4.79 Å². The number of benzene rings is 1. The molecule has 4 nitrogen and oxygen atoms in total. The monoisotopic (exact) mass is 288 g/mol. The maximum atomic E-state index is 12.1. The fourth-order valence-corrected chi connectivity index (χ4v) is 3.23. The van der Waals surface area contributed by atoms with Crippen molar-refractivity contribution >= 4 is 5.91 Å². The number of rotatable bonds is 4. The summed E-state index contributed by atoms with van der Waals surface area (Å²) in [7, 11) is 0. The average molecular weight is 288 g/mol. The van der Waals surface area contributed by atoms with Crippen LogP contribution in [0.15, 0.2) is 24.3 Å². The number of nitrogens with zero attached hydrogens (tertiary/aromatic N) is 1. The molecule has 0 radical (unpaired) electrons. The summed E-state index contributed by atoms with van der Waals surface area (Å²) in [6.07, 6.45) is 3.99. The van der Waals surface area contributed by atoms with Crippen LogP contribution < -0.4 is 5.32 Å². The summed E-state index contributed by atoms with van der Waals surface area (Å²) in [4.78, 5) is 14.0. The number of amides is 1. The highest BCUT2D eigenvalue weighted by atomic mass is 16.5. The Balaban J connectivity index is 1.41. The van der Waals surface area contributed by atoms with E-state index < -0.39 is 0 Å². The lowest BCUT2D eigenvalue weighted by atomic mass is 9.88. The van der Waals surface area contributed by atoms with E-state index >= 15 is 0 Å². The van der Waals surface area contributed by atoms with Crippen LogP contribution in [0.1, 0.15) is 24.0 Å². The third-order valence-corrected chi connectivity index (χ3v) is 4.48. The van der Waals surface area contributed by atoms with Gasteiger partial charge in [-0.05, 0) is 30.4 Å². The molecular formula is C17H24N2O2. The van der Waals surface area contributed by atoms with Crippen LogP contribution in [0.5, 0.6) is 0 Å².